The third-order valence-corrected chi connectivity index (χ3v) is 9.21. The third kappa shape index (κ3) is 2.59. The van der Waals surface area contributed by atoms with E-state index in [0.29, 0.717) is 17.5 Å². The maximum absolute atomic E-state index is 13.5. The van der Waals surface area contributed by atoms with Gasteiger partial charge in [0.05, 0.1) is 40.8 Å². The van der Waals surface area contributed by atoms with E-state index in [2.05, 4.69) is 14.5 Å². The van der Waals surface area contributed by atoms with Crippen LogP contribution in [0.15, 0.2) is 48.5 Å². The molecule has 2 N–H and O–H groups in total. The molecule has 2 bridgehead atoms. The van der Waals surface area contributed by atoms with E-state index in [4.69, 9.17) is 14.2 Å². The number of nitrogens with one attached hydrogen (secondary N) is 1. The molecule has 10 nitrogen and oxygen atoms in total. The lowest BCUT2D eigenvalue weighted by Crippen LogP contribution is -2.61. The number of hydrogen-bond acceptors (Lipinski definition) is 6. The Morgan fingerprint density at radius 3 is 2.45 bits per heavy atom. The second-order valence-electron chi connectivity index (χ2n) is 11.0. The van der Waals surface area contributed by atoms with Crippen molar-refractivity contribution >= 4 is 55.6 Å². The number of para-hydroxylation sites is 2. The van der Waals surface area contributed by atoms with Gasteiger partial charge in [0.15, 0.2) is 12.0 Å². The van der Waals surface area contributed by atoms with Crippen molar-refractivity contribution in [2.75, 3.05) is 21.3 Å². The summed E-state index contributed by atoms with van der Waals surface area (Å²) < 4.78 is 22.7. The van der Waals surface area contributed by atoms with Crippen LogP contribution in [0.1, 0.15) is 41.7 Å². The lowest BCUT2D eigenvalue weighted by atomic mass is 9.92. The highest BCUT2D eigenvalue weighted by Gasteiger charge is 2.55. The zero-order valence-corrected chi connectivity index (χ0v) is 22.5. The molecule has 8 rings (SSSR count). The SMILES string of the molecule is COC(=O)N(C)C1CC2OC(C)(C1OC)n1c3ccccc3c3c4c(c5c6ccccc6n2c5c31)C(=O)NC4O. The molecule has 3 aromatic carbocycles. The fourth-order valence-electron chi connectivity index (χ4n) is 7.72. The topological polar surface area (TPSA) is 107 Å². The minimum absolute atomic E-state index is 0.304. The molecule has 5 aromatic rings. The first-order chi connectivity index (χ1) is 19.3. The zero-order valence-electron chi connectivity index (χ0n) is 22.5. The zero-order chi connectivity index (χ0) is 27.7. The van der Waals surface area contributed by atoms with Crippen LogP contribution in [0, 0.1) is 0 Å². The number of ether oxygens (including phenoxy) is 3. The summed E-state index contributed by atoms with van der Waals surface area (Å²) in [5.74, 6) is -0.304. The molecular formula is C30H28N4O6. The molecule has 1 fully saturated rings. The van der Waals surface area contributed by atoms with Gasteiger partial charge in [-0.15, -0.1) is 0 Å². The van der Waals surface area contributed by atoms with Crippen molar-refractivity contribution in [3.8, 4) is 0 Å². The van der Waals surface area contributed by atoms with Gasteiger partial charge in [-0.2, -0.15) is 0 Å². The summed E-state index contributed by atoms with van der Waals surface area (Å²) >= 11 is 0. The molecule has 40 heavy (non-hydrogen) atoms. The lowest BCUT2D eigenvalue weighted by molar-refractivity contribution is -0.264. The maximum atomic E-state index is 13.5. The fourth-order valence-corrected chi connectivity index (χ4v) is 7.72. The molecule has 3 aliphatic heterocycles. The minimum atomic E-state index is -1.15. The van der Waals surface area contributed by atoms with E-state index in [0.717, 1.165) is 43.6 Å². The van der Waals surface area contributed by atoms with Gasteiger partial charge >= 0.3 is 6.09 Å². The van der Waals surface area contributed by atoms with Crippen molar-refractivity contribution in [1.82, 2.24) is 19.4 Å². The number of carbonyl (C=O) groups excluding carboxylic acids is 2. The van der Waals surface area contributed by atoms with E-state index in [-0.39, 0.29) is 5.91 Å². The number of hydrogen-bond donors (Lipinski definition) is 2. The number of carbonyl (C=O) groups is 2. The smallest absolute Gasteiger partial charge is 0.409 e. The third-order valence-electron chi connectivity index (χ3n) is 9.21. The molecule has 0 saturated carbocycles. The van der Waals surface area contributed by atoms with Gasteiger partial charge in [0.2, 0.25) is 0 Å². The van der Waals surface area contributed by atoms with E-state index in [9.17, 15) is 14.7 Å². The van der Waals surface area contributed by atoms with Gasteiger partial charge in [-0.05, 0) is 19.1 Å². The fraction of sp³-hybridized carbons (Fsp3) is 0.333. The van der Waals surface area contributed by atoms with E-state index < -0.39 is 36.4 Å². The standard InChI is InChI=1S/C30H28N4O6/c1-30-26(38-3)18(32(2)29(37)39-4)13-19(40-30)33-16-11-7-5-9-14(16)20-22-23(28(36)31-27(22)35)21-15-10-6-8-12-17(15)34(30)25(21)24(20)33/h5-12,18-19,26,28,36H,13H2,1-4H3,(H,31,35). The second kappa shape index (κ2) is 7.75. The van der Waals surface area contributed by atoms with E-state index >= 15 is 0 Å². The predicted octanol–water partition coefficient (Wildman–Crippen LogP) is 4.32. The normalized spacial score (nSPS) is 27.0. The Morgan fingerprint density at radius 1 is 1.07 bits per heavy atom. The Labute approximate surface area is 228 Å². The minimum Gasteiger partial charge on any atom is -0.453 e. The Morgan fingerprint density at radius 2 is 1.75 bits per heavy atom. The Kier molecular flexibility index (Phi) is 4.60. The van der Waals surface area contributed by atoms with Gasteiger partial charge in [0, 0.05) is 47.7 Å². The molecule has 0 aliphatic carbocycles. The van der Waals surface area contributed by atoms with Crippen LogP contribution in [-0.2, 0) is 19.9 Å². The lowest BCUT2D eigenvalue weighted by Gasteiger charge is -2.50. The Hall–Kier alpha value is -4.12. The van der Waals surface area contributed by atoms with Gasteiger partial charge in [0.25, 0.3) is 5.91 Å². The average molecular weight is 541 g/mol. The first kappa shape index (κ1) is 23.7. The first-order valence-electron chi connectivity index (χ1n) is 13.3. The highest BCUT2D eigenvalue weighted by Crippen LogP contribution is 2.54. The summed E-state index contributed by atoms with van der Waals surface area (Å²) in [5, 5.41) is 17.4. The second-order valence-corrected chi connectivity index (χ2v) is 11.0. The monoisotopic (exact) mass is 540 g/mol. The molecule has 5 unspecified atom stereocenters. The molecule has 1 saturated heterocycles. The number of aromatic nitrogens is 2. The predicted molar refractivity (Wildman–Crippen MR) is 148 cm³/mol. The van der Waals surface area contributed by atoms with Crippen LogP contribution in [-0.4, -0.2) is 64.6 Å². The van der Waals surface area contributed by atoms with Gasteiger partial charge in [-0.25, -0.2) is 4.79 Å². The number of methoxy groups -OCH3 is 2. The summed E-state index contributed by atoms with van der Waals surface area (Å²) in [6.45, 7) is 1.99. The number of benzene rings is 3. The number of amides is 2. The molecule has 5 heterocycles. The maximum Gasteiger partial charge on any atom is 0.409 e. The number of fused-ring (bicyclic) bond motifs is 13. The Balaban J connectivity index is 1.63. The van der Waals surface area contributed by atoms with Crippen LogP contribution in [0.5, 0.6) is 0 Å². The van der Waals surface area contributed by atoms with Gasteiger partial charge in [-0.1, -0.05) is 36.4 Å². The van der Waals surface area contributed by atoms with Crippen molar-refractivity contribution in [3.05, 3.63) is 59.7 Å². The van der Waals surface area contributed by atoms with Crippen molar-refractivity contribution in [1.29, 1.82) is 0 Å². The highest BCUT2D eigenvalue weighted by atomic mass is 16.6. The van der Waals surface area contributed by atoms with E-state index in [1.807, 2.05) is 55.5 Å². The number of rotatable bonds is 2. The molecule has 0 radical (unpaired) electrons. The molecule has 0 spiro atoms. The van der Waals surface area contributed by atoms with Crippen LogP contribution < -0.4 is 5.32 Å². The summed E-state index contributed by atoms with van der Waals surface area (Å²) in [4.78, 5) is 27.9. The molecule has 2 amide bonds. The summed E-state index contributed by atoms with van der Waals surface area (Å²) in [5.41, 5.74) is 3.48. The van der Waals surface area contributed by atoms with Crippen LogP contribution in [0.3, 0.4) is 0 Å². The first-order valence-corrected chi connectivity index (χ1v) is 13.3. The van der Waals surface area contributed by atoms with Gasteiger partial charge in [-0.3, -0.25) is 4.79 Å². The van der Waals surface area contributed by atoms with Gasteiger partial charge in [0.1, 0.15) is 12.3 Å². The highest BCUT2D eigenvalue weighted by molar-refractivity contribution is 6.31. The molecule has 2 aromatic heterocycles. The largest absolute Gasteiger partial charge is 0.453 e. The number of nitrogens with zero attached hydrogens (tertiary/aromatic N) is 3. The van der Waals surface area contributed by atoms with Gasteiger partial charge < -0.3 is 38.7 Å². The molecule has 10 heteroatoms. The summed E-state index contributed by atoms with van der Waals surface area (Å²) in [7, 11) is 4.72. The van der Waals surface area contributed by atoms with Crippen molar-refractivity contribution < 1.29 is 28.9 Å². The van der Waals surface area contributed by atoms with Crippen LogP contribution in [0.4, 0.5) is 4.79 Å². The van der Waals surface area contributed by atoms with Crippen molar-refractivity contribution in [3.63, 3.8) is 0 Å². The van der Waals surface area contributed by atoms with Crippen LogP contribution >= 0.6 is 0 Å². The molecule has 204 valence electrons. The summed E-state index contributed by atoms with van der Waals surface area (Å²) in [6, 6.07) is 15.5. The number of aliphatic hydroxyl groups excluding tert-OH is 1. The Bertz CT molecular complexity index is 1940. The van der Waals surface area contributed by atoms with Crippen molar-refractivity contribution in [2.45, 2.75) is 43.7 Å². The number of aliphatic hydroxyl groups is 1. The van der Waals surface area contributed by atoms with E-state index in [1.54, 1.807) is 19.1 Å². The van der Waals surface area contributed by atoms with Crippen LogP contribution in [0.25, 0.3) is 43.6 Å². The number of likely N-dealkylation sites (N-methyl/N-ethyl adjacent to an activating group) is 1. The molecule has 5 atom stereocenters. The van der Waals surface area contributed by atoms with Crippen molar-refractivity contribution in [2.24, 2.45) is 0 Å². The molecular weight excluding hydrogens is 512 g/mol. The van der Waals surface area contributed by atoms with Crippen LogP contribution in [0.2, 0.25) is 0 Å². The summed E-state index contributed by atoms with van der Waals surface area (Å²) in [6.07, 6.45) is -2.25. The molecule has 3 aliphatic rings. The average Bonchev–Trinajstić information content (AvgIpc) is 3.56. The quantitative estimate of drug-likeness (QED) is 0.345. The van der Waals surface area contributed by atoms with E-state index in [1.165, 1.54) is 7.11 Å².